The highest BCUT2D eigenvalue weighted by atomic mass is 16.5. The first-order valence-corrected chi connectivity index (χ1v) is 5.10. The Morgan fingerprint density at radius 3 is 2.47 bits per heavy atom. The number of carbonyl (C=O) groups is 1. The molecule has 0 aliphatic heterocycles. The molecule has 1 aromatic rings. The van der Waals surface area contributed by atoms with Crippen molar-refractivity contribution in [2.45, 2.75) is 26.4 Å². The highest BCUT2D eigenvalue weighted by Gasteiger charge is 2.07. The van der Waals surface area contributed by atoms with Crippen LogP contribution >= 0.6 is 0 Å². The average molecular weight is 208 g/mol. The van der Waals surface area contributed by atoms with Gasteiger partial charge in [-0.1, -0.05) is 19.1 Å². The monoisotopic (exact) mass is 208 g/mol. The maximum Gasteiger partial charge on any atom is 0.335 e. The van der Waals surface area contributed by atoms with Crippen molar-refractivity contribution >= 4 is 5.97 Å². The van der Waals surface area contributed by atoms with Gasteiger partial charge in [0.05, 0.1) is 11.7 Å². The fourth-order valence-electron chi connectivity index (χ4n) is 1.29. The molecule has 0 saturated heterocycles. The molecule has 0 heterocycles. The van der Waals surface area contributed by atoms with Crippen LogP contribution in [0.1, 0.15) is 42.3 Å². The molecular formula is C12H16O3. The van der Waals surface area contributed by atoms with E-state index in [4.69, 9.17) is 9.84 Å². The molecule has 3 heteroatoms. The van der Waals surface area contributed by atoms with Crippen LogP contribution in [-0.4, -0.2) is 17.7 Å². The van der Waals surface area contributed by atoms with Crippen molar-refractivity contribution in [3.8, 4) is 0 Å². The molecule has 1 atom stereocenters. The Labute approximate surface area is 89.7 Å². The molecule has 0 spiro atoms. The zero-order valence-corrected chi connectivity index (χ0v) is 9.06. The standard InChI is InChI=1S/C12H16O3/c1-3-8-15-9(2)10-4-6-11(7-5-10)12(13)14/h4-7,9H,3,8H2,1-2H3,(H,13,14)/t9-/m0/s1. The Morgan fingerprint density at radius 1 is 1.40 bits per heavy atom. The first-order chi connectivity index (χ1) is 7.15. The van der Waals surface area contributed by atoms with Crippen LogP contribution in [0.15, 0.2) is 24.3 Å². The molecule has 0 unspecified atom stereocenters. The Balaban J connectivity index is 2.66. The summed E-state index contributed by atoms with van der Waals surface area (Å²) in [4.78, 5) is 10.6. The number of hydrogen-bond donors (Lipinski definition) is 1. The van der Waals surface area contributed by atoms with Gasteiger partial charge in [-0.3, -0.25) is 0 Å². The third-order valence-electron chi connectivity index (χ3n) is 2.20. The predicted octanol–water partition coefficient (Wildman–Crippen LogP) is 2.87. The summed E-state index contributed by atoms with van der Waals surface area (Å²) >= 11 is 0. The largest absolute Gasteiger partial charge is 0.478 e. The number of rotatable bonds is 5. The Bertz CT molecular complexity index is 316. The van der Waals surface area contributed by atoms with Gasteiger partial charge in [0, 0.05) is 6.61 Å². The zero-order valence-electron chi connectivity index (χ0n) is 9.06. The Kier molecular flexibility index (Phi) is 4.31. The molecular weight excluding hydrogens is 192 g/mol. The topological polar surface area (TPSA) is 46.5 Å². The van der Waals surface area contributed by atoms with E-state index in [1.54, 1.807) is 24.3 Å². The second-order valence-corrected chi connectivity index (χ2v) is 3.44. The maximum atomic E-state index is 10.6. The third kappa shape index (κ3) is 3.36. The summed E-state index contributed by atoms with van der Waals surface area (Å²) < 4.78 is 5.53. The van der Waals surface area contributed by atoms with Gasteiger partial charge >= 0.3 is 5.97 Å². The van der Waals surface area contributed by atoms with Crippen molar-refractivity contribution < 1.29 is 14.6 Å². The number of carboxylic acid groups (broad SMARTS) is 1. The fraction of sp³-hybridized carbons (Fsp3) is 0.417. The molecule has 82 valence electrons. The second-order valence-electron chi connectivity index (χ2n) is 3.44. The molecule has 0 radical (unpaired) electrons. The lowest BCUT2D eigenvalue weighted by molar-refractivity contribution is 0.0658. The van der Waals surface area contributed by atoms with Gasteiger partial charge in [0.25, 0.3) is 0 Å². The lowest BCUT2D eigenvalue weighted by Gasteiger charge is -2.12. The van der Waals surface area contributed by atoms with Gasteiger partial charge in [-0.25, -0.2) is 4.79 Å². The van der Waals surface area contributed by atoms with Gasteiger partial charge < -0.3 is 9.84 Å². The van der Waals surface area contributed by atoms with E-state index in [9.17, 15) is 4.79 Å². The van der Waals surface area contributed by atoms with E-state index in [1.165, 1.54) is 0 Å². The van der Waals surface area contributed by atoms with Crippen LogP contribution < -0.4 is 0 Å². The molecule has 1 aromatic carbocycles. The van der Waals surface area contributed by atoms with E-state index in [0.29, 0.717) is 5.56 Å². The van der Waals surface area contributed by atoms with Crippen LogP contribution in [0, 0.1) is 0 Å². The number of carboxylic acids is 1. The van der Waals surface area contributed by atoms with Crippen LogP contribution in [0.3, 0.4) is 0 Å². The van der Waals surface area contributed by atoms with Gasteiger partial charge in [-0.15, -0.1) is 0 Å². The first kappa shape index (κ1) is 11.7. The van der Waals surface area contributed by atoms with E-state index in [-0.39, 0.29) is 6.10 Å². The van der Waals surface area contributed by atoms with Crippen molar-refractivity contribution in [3.63, 3.8) is 0 Å². The number of aromatic carboxylic acids is 1. The van der Waals surface area contributed by atoms with Crippen LogP contribution in [-0.2, 0) is 4.74 Å². The normalized spacial score (nSPS) is 12.4. The van der Waals surface area contributed by atoms with Crippen molar-refractivity contribution in [1.29, 1.82) is 0 Å². The minimum Gasteiger partial charge on any atom is -0.478 e. The number of ether oxygens (including phenoxy) is 1. The lowest BCUT2D eigenvalue weighted by Crippen LogP contribution is -2.02. The van der Waals surface area contributed by atoms with E-state index in [2.05, 4.69) is 6.92 Å². The Morgan fingerprint density at radius 2 is 2.00 bits per heavy atom. The van der Waals surface area contributed by atoms with Crippen LogP contribution in [0.25, 0.3) is 0 Å². The van der Waals surface area contributed by atoms with Crippen molar-refractivity contribution in [2.75, 3.05) is 6.61 Å². The minimum atomic E-state index is -0.899. The van der Waals surface area contributed by atoms with Crippen LogP contribution in [0.5, 0.6) is 0 Å². The summed E-state index contributed by atoms with van der Waals surface area (Å²) in [5.41, 5.74) is 1.31. The van der Waals surface area contributed by atoms with E-state index < -0.39 is 5.97 Å². The summed E-state index contributed by atoms with van der Waals surface area (Å²) in [6, 6.07) is 6.79. The lowest BCUT2D eigenvalue weighted by atomic mass is 10.1. The second kappa shape index (κ2) is 5.51. The Hall–Kier alpha value is -1.35. The summed E-state index contributed by atoms with van der Waals surface area (Å²) in [6.07, 6.45) is 1.00. The van der Waals surface area contributed by atoms with Gasteiger partial charge in [-0.2, -0.15) is 0 Å². The predicted molar refractivity (Wildman–Crippen MR) is 58.1 cm³/mol. The van der Waals surface area contributed by atoms with E-state index in [0.717, 1.165) is 18.6 Å². The van der Waals surface area contributed by atoms with Gasteiger partial charge in [-0.05, 0) is 31.0 Å². The minimum absolute atomic E-state index is 0.0211. The van der Waals surface area contributed by atoms with E-state index in [1.807, 2.05) is 6.92 Å². The quantitative estimate of drug-likeness (QED) is 0.809. The molecule has 1 rings (SSSR count). The fourth-order valence-corrected chi connectivity index (χ4v) is 1.29. The van der Waals surface area contributed by atoms with Crippen molar-refractivity contribution in [1.82, 2.24) is 0 Å². The molecule has 0 fully saturated rings. The van der Waals surface area contributed by atoms with Gasteiger partial charge in [0.1, 0.15) is 0 Å². The third-order valence-corrected chi connectivity index (χ3v) is 2.20. The average Bonchev–Trinajstić information content (AvgIpc) is 2.26. The summed E-state index contributed by atoms with van der Waals surface area (Å²) in [7, 11) is 0. The zero-order chi connectivity index (χ0) is 11.3. The summed E-state index contributed by atoms with van der Waals surface area (Å²) in [5, 5.41) is 8.72. The van der Waals surface area contributed by atoms with Gasteiger partial charge in [0.2, 0.25) is 0 Å². The summed E-state index contributed by atoms with van der Waals surface area (Å²) in [6.45, 7) is 4.74. The van der Waals surface area contributed by atoms with Crippen molar-refractivity contribution in [2.24, 2.45) is 0 Å². The molecule has 0 aliphatic carbocycles. The molecule has 3 nitrogen and oxygen atoms in total. The SMILES string of the molecule is CCCO[C@@H](C)c1ccc(C(=O)O)cc1. The highest BCUT2D eigenvalue weighted by molar-refractivity contribution is 5.87. The molecule has 15 heavy (non-hydrogen) atoms. The van der Waals surface area contributed by atoms with Crippen molar-refractivity contribution in [3.05, 3.63) is 35.4 Å². The molecule has 0 aromatic heterocycles. The maximum absolute atomic E-state index is 10.6. The first-order valence-electron chi connectivity index (χ1n) is 5.10. The van der Waals surface area contributed by atoms with Crippen LogP contribution in [0.2, 0.25) is 0 Å². The molecule has 0 bridgehead atoms. The number of benzene rings is 1. The molecule has 0 saturated carbocycles. The molecule has 0 amide bonds. The van der Waals surface area contributed by atoms with Crippen LogP contribution in [0.4, 0.5) is 0 Å². The number of hydrogen-bond acceptors (Lipinski definition) is 2. The highest BCUT2D eigenvalue weighted by Crippen LogP contribution is 2.17. The molecule has 0 aliphatic rings. The van der Waals surface area contributed by atoms with Gasteiger partial charge in [0.15, 0.2) is 0 Å². The molecule has 1 N–H and O–H groups in total. The smallest absolute Gasteiger partial charge is 0.335 e. The summed E-state index contributed by atoms with van der Waals surface area (Å²) in [5.74, 6) is -0.899. The van der Waals surface area contributed by atoms with E-state index >= 15 is 0 Å².